The van der Waals surface area contributed by atoms with Gasteiger partial charge in [0.2, 0.25) is 0 Å². The molecule has 1 saturated heterocycles. The Hall–Kier alpha value is -2.92. The summed E-state index contributed by atoms with van der Waals surface area (Å²) in [6, 6.07) is 4.31. The van der Waals surface area contributed by atoms with Crippen LogP contribution in [0.4, 0.5) is 24.8 Å². The van der Waals surface area contributed by atoms with E-state index in [2.05, 4.69) is 20.3 Å². The lowest BCUT2D eigenvalue weighted by molar-refractivity contribution is -0.137. The van der Waals surface area contributed by atoms with Crippen molar-refractivity contribution >= 4 is 34.4 Å². The van der Waals surface area contributed by atoms with Crippen LogP contribution in [-0.2, 0) is 17.5 Å². The van der Waals surface area contributed by atoms with E-state index in [1.807, 2.05) is 4.90 Å². The van der Waals surface area contributed by atoms with Gasteiger partial charge in [0.15, 0.2) is 11.5 Å². The molecule has 0 atom stereocenters. The number of rotatable bonds is 5. The summed E-state index contributed by atoms with van der Waals surface area (Å²) in [4.78, 5) is 27.5. The molecule has 8 nitrogen and oxygen atoms in total. The van der Waals surface area contributed by atoms with E-state index >= 15 is 0 Å². The van der Waals surface area contributed by atoms with Crippen LogP contribution < -0.4 is 15.8 Å². The molecule has 0 bridgehead atoms. The summed E-state index contributed by atoms with van der Waals surface area (Å²) in [5, 5.41) is 2.72. The quantitative estimate of drug-likeness (QED) is 0.634. The van der Waals surface area contributed by atoms with Crippen molar-refractivity contribution in [3.05, 3.63) is 51.5 Å². The molecule has 1 N–H and O–H groups in total. The van der Waals surface area contributed by atoms with E-state index in [1.54, 1.807) is 18.3 Å². The lowest BCUT2D eigenvalue weighted by Gasteiger charge is -2.27. The van der Waals surface area contributed by atoms with Crippen molar-refractivity contribution in [2.24, 2.45) is 0 Å². The van der Waals surface area contributed by atoms with Gasteiger partial charge in [-0.3, -0.25) is 9.36 Å². The minimum atomic E-state index is -4.53. The van der Waals surface area contributed by atoms with Gasteiger partial charge in [-0.15, -0.1) is 0 Å². The molecule has 0 spiro atoms. The number of morpholine rings is 1. The zero-order valence-corrected chi connectivity index (χ0v) is 16.9. The third-order valence-electron chi connectivity index (χ3n) is 4.79. The second-order valence-electron chi connectivity index (χ2n) is 6.82. The standard InChI is InChI=1S/C19H18ClF3N6O2/c20-13-10-12(19(21,22)23)11-26-15(13)24-4-5-29-16-14(2-1-3-25-16)27-17(18(29)30)28-6-8-31-9-7-28/h1-3,10-11H,4-9H2,(H,24,26). The highest BCUT2D eigenvalue weighted by Gasteiger charge is 2.31. The van der Waals surface area contributed by atoms with Crippen LogP contribution in [0.5, 0.6) is 0 Å². The minimum Gasteiger partial charge on any atom is -0.378 e. The fourth-order valence-electron chi connectivity index (χ4n) is 3.26. The maximum Gasteiger partial charge on any atom is 0.417 e. The van der Waals surface area contributed by atoms with Crippen molar-refractivity contribution in [1.82, 2.24) is 19.5 Å². The summed E-state index contributed by atoms with van der Waals surface area (Å²) in [6.45, 7) is 2.49. The van der Waals surface area contributed by atoms with Crippen molar-refractivity contribution in [1.29, 1.82) is 0 Å². The van der Waals surface area contributed by atoms with Crippen LogP contribution in [0.1, 0.15) is 5.56 Å². The van der Waals surface area contributed by atoms with E-state index in [4.69, 9.17) is 16.3 Å². The Kier molecular flexibility index (Phi) is 5.96. The first-order valence-electron chi connectivity index (χ1n) is 9.49. The van der Waals surface area contributed by atoms with Crippen molar-refractivity contribution in [2.75, 3.05) is 43.1 Å². The van der Waals surface area contributed by atoms with E-state index in [0.717, 1.165) is 6.07 Å². The second kappa shape index (κ2) is 8.67. The van der Waals surface area contributed by atoms with Crippen LogP contribution >= 0.6 is 11.6 Å². The van der Waals surface area contributed by atoms with Crippen molar-refractivity contribution in [2.45, 2.75) is 12.7 Å². The number of nitrogens with one attached hydrogen (secondary N) is 1. The van der Waals surface area contributed by atoms with Crippen LogP contribution in [0.25, 0.3) is 11.2 Å². The average Bonchev–Trinajstić information content (AvgIpc) is 2.76. The molecule has 0 radical (unpaired) electrons. The lowest BCUT2D eigenvalue weighted by Crippen LogP contribution is -2.41. The number of hydrogen-bond donors (Lipinski definition) is 1. The minimum absolute atomic E-state index is 0.0995. The van der Waals surface area contributed by atoms with E-state index in [1.165, 1.54) is 4.57 Å². The topological polar surface area (TPSA) is 85.2 Å². The van der Waals surface area contributed by atoms with Crippen molar-refractivity contribution in [3.8, 4) is 0 Å². The Balaban J connectivity index is 1.58. The number of hydrogen-bond acceptors (Lipinski definition) is 7. The number of alkyl halides is 3. The van der Waals surface area contributed by atoms with Crippen LogP contribution in [0.2, 0.25) is 5.02 Å². The molecule has 0 aromatic carbocycles. The molecular weight excluding hydrogens is 437 g/mol. The summed E-state index contributed by atoms with van der Waals surface area (Å²) in [6.07, 6.45) is -2.25. The number of aromatic nitrogens is 4. The highest BCUT2D eigenvalue weighted by molar-refractivity contribution is 6.32. The fraction of sp³-hybridized carbons (Fsp3) is 0.368. The van der Waals surface area contributed by atoms with Crippen LogP contribution in [0.3, 0.4) is 0 Å². The molecule has 1 aliphatic heterocycles. The lowest BCUT2D eigenvalue weighted by atomic mass is 10.3. The molecule has 0 saturated carbocycles. The first-order valence-corrected chi connectivity index (χ1v) is 9.87. The van der Waals surface area contributed by atoms with Gasteiger partial charge in [-0.25, -0.2) is 15.0 Å². The zero-order chi connectivity index (χ0) is 22.0. The molecule has 0 unspecified atom stereocenters. The number of halogens is 4. The van der Waals surface area contributed by atoms with Gasteiger partial charge in [0.1, 0.15) is 11.3 Å². The molecule has 3 aromatic heterocycles. The van der Waals surface area contributed by atoms with Gasteiger partial charge >= 0.3 is 6.18 Å². The molecule has 0 aliphatic carbocycles. The monoisotopic (exact) mass is 454 g/mol. The maximum atomic E-state index is 13.1. The number of ether oxygens (including phenoxy) is 1. The van der Waals surface area contributed by atoms with Gasteiger partial charge < -0.3 is 15.0 Å². The maximum absolute atomic E-state index is 13.1. The van der Waals surface area contributed by atoms with Gasteiger partial charge in [-0.1, -0.05) is 11.6 Å². The van der Waals surface area contributed by atoms with Gasteiger partial charge in [-0.05, 0) is 18.2 Å². The third kappa shape index (κ3) is 4.57. The molecule has 1 fully saturated rings. The van der Waals surface area contributed by atoms with Crippen LogP contribution in [0.15, 0.2) is 35.4 Å². The average molecular weight is 455 g/mol. The zero-order valence-electron chi connectivity index (χ0n) is 16.2. The van der Waals surface area contributed by atoms with E-state index in [0.29, 0.717) is 49.5 Å². The van der Waals surface area contributed by atoms with Gasteiger partial charge in [-0.2, -0.15) is 13.2 Å². The number of anilines is 2. The van der Waals surface area contributed by atoms with E-state index in [-0.39, 0.29) is 29.5 Å². The first kappa shape index (κ1) is 21.3. The smallest absolute Gasteiger partial charge is 0.378 e. The van der Waals surface area contributed by atoms with Gasteiger partial charge in [0, 0.05) is 38.6 Å². The highest BCUT2D eigenvalue weighted by Crippen LogP contribution is 2.32. The van der Waals surface area contributed by atoms with Crippen molar-refractivity contribution < 1.29 is 17.9 Å². The number of nitrogens with zero attached hydrogens (tertiary/aromatic N) is 5. The summed E-state index contributed by atoms with van der Waals surface area (Å²) in [7, 11) is 0. The van der Waals surface area contributed by atoms with Gasteiger partial charge in [0.25, 0.3) is 5.56 Å². The molecule has 164 valence electrons. The van der Waals surface area contributed by atoms with Crippen molar-refractivity contribution in [3.63, 3.8) is 0 Å². The molecule has 3 aromatic rings. The molecule has 4 rings (SSSR count). The third-order valence-corrected chi connectivity index (χ3v) is 5.08. The Morgan fingerprint density at radius 1 is 1.23 bits per heavy atom. The van der Waals surface area contributed by atoms with Crippen LogP contribution in [0, 0.1) is 0 Å². The largest absolute Gasteiger partial charge is 0.417 e. The SMILES string of the molecule is O=c1c(N2CCOCC2)nc2cccnc2n1CCNc1ncc(C(F)(F)F)cc1Cl. The predicted octanol–water partition coefficient (Wildman–Crippen LogP) is 2.81. The summed E-state index contributed by atoms with van der Waals surface area (Å²) >= 11 is 5.94. The van der Waals surface area contributed by atoms with Crippen LogP contribution in [-0.4, -0.2) is 52.4 Å². The summed E-state index contributed by atoms with van der Waals surface area (Å²) < 4.78 is 45.2. The number of fused-ring (bicyclic) bond motifs is 1. The Morgan fingerprint density at radius 3 is 2.71 bits per heavy atom. The molecule has 12 heteroatoms. The Bertz CT molecular complexity index is 1150. The predicted molar refractivity (Wildman–Crippen MR) is 110 cm³/mol. The Morgan fingerprint density at radius 2 is 2.00 bits per heavy atom. The molecule has 31 heavy (non-hydrogen) atoms. The van der Waals surface area contributed by atoms with E-state index in [9.17, 15) is 18.0 Å². The normalized spacial score (nSPS) is 14.8. The Labute approximate surface area is 179 Å². The second-order valence-corrected chi connectivity index (χ2v) is 7.22. The van der Waals surface area contributed by atoms with E-state index < -0.39 is 11.7 Å². The molecule has 4 heterocycles. The molecule has 0 amide bonds. The fourth-order valence-corrected chi connectivity index (χ4v) is 3.49. The molecule has 1 aliphatic rings. The number of pyridine rings is 2. The summed E-state index contributed by atoms with van der Waals surface area (Å²) in [5.74, 6) is 0.414. The highest BCUT2D eigenvalue weighted by atomic mass is 35.5. The van der Waals surface area contributed by atoms with Gasteiger partial charge in [0.05, 0.1) is 23.8 Å². The first-order chi connectivity index (χ1) is 14.8. The molecular formula is C19H18ClF3N6O2. The summed E-state index contributed by atoms with van der Waals surface area (Å²) in [5.41, 5.74) is -0.257.